The lowest BCUT2D eigenvalue weighted by molar-refractivity contribution is 0.112. The molecule has 0 spiro atoms. The fourth-order valence-corrected chi connectivity index (χ4v) is 1.66. The first-order valence-corrected chi connectivity index (χ1v) is 4.52. The van der Waals surface area contributed by atoms with Gasteiger partial charge in [0, 0.05) is 23.2 Å². The maximum absolute atomic E-state index is 10.8. The molecule has 0 amide bonds. The molecule has 0 saturated carbocycles. The quantitative estimate of drug-likeness (QED) is 0.660. The number of carbonyl (C=O) groups excluding carboxylic acids is 1. The monoisotopic (exact) mass is 201 g/mol. The van der Waals surface area contributed by atoms with E-state index in [2.05, 4.69) is 4.98 Å². The van der Waals surface area contributed by atoms with E-state index in [0.29, 0.717) is 17.1 Å². The zero-order chi connectivity index (χ0) is 10.3. The second-order valence-electron chi connectivity index (χ2n) is 3.24. The highest BCUT2D eigenvalue weighted by atomic mass is 16.7. The van der Waals surface area contributed by atoms with Crippen LogP contribution in [0.15, 0.2) is 24.4 Å². The highest BCUT2D eigenvalue weighted by Crippen LogP contribution is 2.35. The molecule has 1 aliphatic heterocycles. The number of ether oxygens (including phenoxy) is 2. The van der Waals surface area contributed by atoms with Crippen LogP contribution in [-0.4, -0.2) is 18.1 Å². The number of hydrogen-bond donors (Lipinski definition) is 0. The van der Waals surface area contributed by atoms with Gasteiger partial charge in [-0.2, -0.15) is 0 Å². The molecular formula is C11H7NO3. The predicted molar refractivity (Wildman–Crippen MR) is 53.3 cm³/mol. The first-order chi connectivity index (χ1) is 7.38. The van der Waals surface area contributed by atoms with Crippen molar-refractivity contribution < 1.29 is 14.3 Å². The van der Waals surface area contributed by atoms with E-state index in [0.717, 1.165) is 17.2 Å². The van der Waals surface area contributed by atoms with E-state index in [4.69, 9.17) is 9.47 Å². The average Bonchev–Trinajstić information content (AvgIpc) is 2.72. The molecule has 15 heavy (non-hydrogen) atoms. The summed E-state index contributed by atoms with van der Waals surface area (Å²) in [6.07, 6.45) is 2.42. The van der Waals surface area contributed by atoms with E-state index in [1.807, 2.05) is 0 Å². The van der Waals surface area contributed by atoms with Crippen LogP contribution >= 0.6 is 0 Å². The number of carbonyl (C=O) groups is 1. The number of nitrogens with zero attached hydrogens (tertiary/aromatic N) is 1. The zero-order valence-corrected chi connectivity index (χ0v) is 7.77. The molecule has 0 saturated heterocycles. The summed E-state index contributed by atoms with van der Waals surface area (Å²) in [5, 5.41) is 0.789. The SMILES string of the molecule is O=Cc1ccnc2cc3c(cc12)OCO3. The van der Waals surface area contributed by atoms with Crippen LogP contribution < -0.4 is 9.47 Å². The lowest BCUT2D eigenvalue weighted by atomic mass is 10.1. The lowest BCUT2D eigenvalue weighted by Crippen LogP contribution is -1.92. The first kappa shape index (κ1) is 8.23. The fraction of sp³-hybridized carbons (Fsp3) is 0.0909. The van der Waals surface area contributed by atoms with Crippen LogP contribution in [0.1, 0.15) is 10.4 Å². The van der Waals surface area contributed by atoms with Crippen molar-refractivity contribution in [1.82, 2.24) is 4.98 Å². The summed E-state index contributed by atoms with van der Waals surface area (Å²) >= 11 is 0. The first-order valence-electron chi connectivity index (χ1n) is 4.52. The fourth-order valence-electron chi connectivity index (χ4n) is 1.66. The minimum Gasteiger partial charge on any atom is -0.454 e. The van der Waals surface area contributed by atoms with Gasteiger partial charge in [0.25, 0.3) is 0 Å². The van der Waals surface area contributed by atoms with Crippen molar-refractivity contribution in [3.8, 4) is 11.5 Å². The molecule has 0 bridgehead atoms. The highest BCUT2D eigenvalue weighted by molar-refractivity contribution is 5.97. The molecule has 0 fully saturated rings. The molecule has 4 heteroatoms. The van der Waals surface area contributed by atoms with Crippen molar-refractivity contribution in [2.45, 2.75) is 0 Å². The number of aldehydes is 1. The molecule has 0 aliphatic carbocycles. The molecular weight excluding hydrogens is 194 g/mol. The van der Waals surface area contributed by atoms with Crippen LogP contribution in [0.4, 0.5) is 0 Å². The van der Waals surface area contributed by atoms with Gasteiger partial charge in [0.2, 0.25) is 6.79 Å². The van der Waals surface area contributed by atoms with Crippen LogP contribution in [-0.2, 0) is 0 Å². The Balaban J connectivity index is 2.37. The summed E-state index contributed by atoms with van der Waals surface area (Å²) in [5.41, 5.74) is 1.35. The van der Waals surface area contributed by atoms with Crippen LogP contribution in [0, 0.1) is 0 Å². The Labute approximate surface area is 85.4 Å². The number of hydrogen-bond acceptors (Lipinski definition) is 4. The van der Waals surface area contributed by atoms with Crippen molar-refractivity contribution in [2.24, 2.45) is 0 Å². The van der Waals surface area contributed by atoms with E-state index in [1.54, 1.807) is 24.4 Å². The molecule has 0 unspecified atom stereocenters. The summed E-state index contributed by atoms with van der Waals surface area (Å²) < 4.78 is 10.5. The summed E-state index contributed by atoms with van der Waals surface area (Å²) in [6, 6.07) is 5.25. The van der Waals surface area contributed by atoms with Gasteiger partial charge in [-0.05, 0) is 12.1 Å². The van der Waals surface area contributed by atoms with Gasteiger partial charge in [0.05, 0.1) is 5.52 Å². The third-order valence-corrected chi connectivity index (χ3v) is 2.40. The smallest absolute Gasteiger partial charge is 0.231 e. The van der Waals surface area contributed by atoms with Gasteiger partial charge in [-0.15, -0.1) is 0 Å². The van der Waals surface area contributed by atoms with Crippen LogP contribution in [0.25, 0.3) is 10.9 Å². The van der Waals surface area contributed by atoms with E-state index >= 15 is 0 Å². The van der Waals surface area contributed by atoms with E-state index < -0.39 is 0 Å². The van der Waals surface area contributed by atoms with Gasteiger partial charge in [0.15, 0.2) is 17.8 Å². The highest BCUT2D eigenvalue weighted by Gasteiger charge is 2.15. The van der Waals surface area contributed by atoms with E-state index in [1.165, 1.54) is 0 Å². The van der Waals surface area contributed by atoms with Crippen molar-refractivity contribution in [3.63, 3.8) is 0 Å². The molecule has 0 radical (unpaired) electrons. The Kier molecular flexibility index (Phi) is 1.62. The molecule has 0 atom stereocenters. The Hall–Kier alpha value is -2.10. The molecule has 1 aliphatic rings. The molecule has 74 valence electrons. The Bertz CT molecular complexity index is 551. The second kappa shape index (κ2) is 2.95. The van der Waals surface area contributed by atoms with Gasteiger partial charge >= 0.3 is 0 Å². The number of fused-ring (bicyclic) bond motifs is 2. The van der Waals surface area contributed by atoms with Crippen molar-refractivity contribution >= 4 is 17.2 Å². The summed E-state index contributed by atoms with van der Waals surface area (Å²) in [6.45, 7) is 0.224. The Morgan fingerprint density at radius 2 is 2.07 bits per heavy atom. The number of rotatable bonds is 1. The topological polar surface area (TPSA) is 48.4 Å². The number of benzene rings is 1. The van der Waals surface area contributed by atoms with Gasteiger partial charge in [-0.25, -0.2) is 0 Å². The third-order valence-electron chi connectivity index (χ3n) is 2.40. The predicted octanol–water partition coefficient (Wildman–Crippen LogP) is 1.78. The number of pyridine rings is 1. The average molecular weight is 201 g/mol. The van der Waals surface area contributed by atoms with Crippen molar-refractivity contribution in [2.75, 3.05) is 6.79 Å². The molecule has 1 aromatic heterocycles. The lowest BCUT2D eigenvalue weighted by Gasteiger charge is -2.01. The van der Waals surface area contributed by atoms with Gasteiger partial charge in [-0.3, -0.25) is 9.78 Å². The summed E-state index contributed by atoms with van der Waals surface area (Å²) in [4.78, 5) is 15.0. The number of aromatic nitrogens is 1. The standard InChI is InChI=1S/C11H7NO3/c13-5-7-1-2-12-9-4-11-10(3-8(7)9)14-6-15-11/h1-5H,6H2. The molecule has 3 rings (SSSR count). The van der Waals surface area contributed by atoms with Gasteiger partial charge in [-0.1, -0.05) is 0 Å². The third kappa shape index (κ3) is 1.15. The van der Waals surface area contributed by atoms with Crippen molar-refractivity contribution in [1.29, 1.82) is 0 Å². The maximum Gasteiger partial charge on any atom is 0.231 e. The minimum atomic E-state index is 0.224. The molecule has 2 aromatic rings. The van der Waals surface area contributed by atoms with Crippen LogP contribution in [0.5, 0.6) is 11.5 Å². The molecule has 2 heterocycles. The van der Waals surface area contributed by atoms with Gasteiger partial charge < -0.3 is 9.47 Å². The molecule has 1 aromatic carbocycles. The largest absolute Gasteiger partial charge is 0.454 e. The summed E-state index contributed by atoms with van der Waals surface area (Å²) in [5.74, 6) is 1.34. The maximum atomic E-state index is 10.8. The normalized spacial score (nSPS) is 13.1. The Morgan fingerprint density at radius 3 is 2.87 bits per heavy atom. The Morgan fingerprint density at radius 1 is 1.27 bits per heavy atom. The van der Waals surface area contributed by atoms with E-state index in [9.17, 15) is 4.79 Å². The zero-order valence-electron chi connectivity index (χ0n) is 7.77. The summed E-state index contributed by atoms with van der Waals surface area (Å²) in [7, 11) is 0. The molecule has 4 nitrogen and oxygen atoms in total. The van der Waals surface area contributed by atoms with Crippen LogP contribution in [0.2, 0.25) is 0 Å². The molecule has 0 N–H and O–H groups in total. The van der Waals surface area contributed by atoms with Crippen molar-refractivity contribution in [3.05, 3.63) is 30.0 Å². The second-order valence-corrected chi connectivity index (χ2v) is 3.24. The van der Waals surface area contributed by atoms with E-state index in [-0.39, 0.29) is 6.79 Å². The minimum absolute atomic E-state index is 0.224. The van der Waals surface area contributed by atoms with Gasteiger partial charge in [0.1, 0.15) is 0 Å². The van der Waals surface area contributed by atoms with Crippen LogP contribution in [0.3, 0.4) is 0 Å².